The summed E-state index contributed by atoms with van der Waals surface area (Å²) in [5.41, 5.74) is 1.33. The molecule has 3 atom stereocenters. The molecule has 0 bridgehead atoms. The Hall–Kier alpha value is -1.15. The Morgan fingerprint density at radius 3 is 2.71 bits per heavy atom. The van der Waals surface area contributed by atoms with Crippen molar-refractivity contribution in [1.29, 1.82) is 0 Å². The predicted octanol–water partition coefficient (Wildman–Crippen LogP) is 2.91. The number of hydrogen-bond acceptors (Lipinski definition) is 2. The molecular weight excluding hydrogens is 212 g/mol. The van der Waals surface area contributed by atoms with E-state index >= 15 is 0 Å². The maximum Gasteiger partial charge on any atom is 0.136 e. The predicted molar refractivity (Wildman–Crippen MR) is 67.8 cm³/mol. The third-order valence-corrected chi connectivity index (χ3v) is 3.66. The van der Waals surface area contributed by atoms with Crippen molar-refractivity contribution in [3.8, 4) is 0 Å². The van der Waals surface area contributed by atoms with Crippen molar-refractivity contribution in [2.45, 2.75) is 44.6 Å². The number of hydrogen-bond donors (Lipinski definition) is 1. The Morgan fingerprint density at radius 2 is 2.06 bits per heavy atom. The molecule has 1 saturated carbocycles. The van der Waals surface area contributed by atoms with Crippen LogP contribution in [0.3, 0.4) is 0 Å². The fourth-order valence-electron chi connectivity index (χ4n) is 2.78. The van der Waals surface area contributed by atoms with E-state index in [0.29, 0.717) is 24.5 Å². The van der Waals surface area contributed by atoms with Gasteiger partial charge in [0.15, 0.2) is 0 Å². The number of aliphatic hydroxyl groups excluding tert-OH is 1. The van der Waals surface area contributed by atoms with Gasteiger partial charge >= 0.3 is 0 Å². The zero-order chi connectivity index (χ0) is 12.3. The number of Topliss-reactive ketones (excluding diaryl/α,β-unsaturated/α-hetero) is 1. The summed E-state index contributed by atoms with van der Waals surface area (Å²) in [5.74, 6) is 0.865. The lowest BCUT2D eigenvalue weighted by Crippen LogP contribution is -2.26. The summed E-state index contributed by atoms with van der Waals surface area (Å²) in [6.07, 6.45) is 2.75. The Morgan fingerprint density at radius 1 is 1.35 bits per heavy atom. The van der Waals surface area contributed by atoms with E-state index in [1.165, 1.54) is 5.56 Å². The van der Waals surface area contributed by atoms with Crippen molar-refractivity contribution in [3.63, 3.8) is 0 Å². The minimum atomic E-state index is -0.376. The van der Waals surface area contributed by atoms with Crippen LogP contribution in [0.4, 0.5) is 0 Å². The normalized spacial score (nSPS) is 26.8. The van der Waals surface area contributed by atoms with Crippen LogP contribution in [0.2, 0.25) is 0 Å². The Kier molecular flexibility index (Phi) is 3.95. The van der Waals surface area contributed by atoms with Crippen molar-refractivity contribution >= 4 is 5.78 Å². The minimum Gasteiger partial charge on any atom is -0.393 e. The molecule has 2 nitrogen and oxygen atoms in total. The van der Waals surface area contributed by atoms with Gasteiger partial charge < -0.3 is 5.11 Å². The molecule has 1 aliphatic rings. The lowest BCUT2D eigenvalue weighted by atomic mass is 9.75. The van der Waals surface area contributed by atoms with Crippen molar-refractivity contribution in [3.05, 3.63) is 35.9 Å². The molecule has 1 N–H and O–H groups in total. The fraction of sp³-hybridized carbons (Fsp3) is 0.533. The number of carbonyl (C=O) groups is 1. The molecule has 17 heavy (non-hydrogen) atoms. The summed E-state index contributed by atoms with van der Waals surface area (Å²) in [6.45, 7) is 1.76. The number of benzene rings is 1. The fourth-order valence-corrected chi connectivity index (χ4v) is 2.78. The topological polar surface area (TPSA) is 37.3 Å². The van der Waals surface area contributed by atoms with Crippen molar-refractivity contribution in [1.82, 2.24) is 0 Å². The third kappa shape index (κ3) is 3.16. The van der Waals surface area contributed by atoms with E-state index in [2.05, 4.69) is 24.3 Å². The molecule has 1 aromatic rings. The van der Waals surface area contributed by atoms with Crippen LogP contribution in [0, 0.1) is 5.92 Å². The number of carbonyl (C=O) groups excluding carboxylic acids is 1. The summed E-state index contributed by atoms with van der Waals surface area (Å²) in [7, 11) is 0. The number of ketones is 1. The quantitative estimate of drug-likeness (QED) is 0.870. The first-order valence-electron chi connectivity index (χ1n) is 6.42. The molecule has 92 valence electrons. The van der Waals surface area contributed by atoms with E-state index in [9.17, 15) is 9.90 Å². The highest BCUT2D eigenvalue weighted by molar-refractivity contribution is 5.82. The first kappa shape index (κ1) is 12.3. The number of rotatable bonds is 3. The van der Waals surface area contributed by atoms with Gasteiger partial charge in [0, 0.05) is 12.3 Å². The first-order chi connectivity index (χ1) is 8.16. The standard InChI is InChI=1S/C15H20O2/c1-11(16)9-14-10-13(7-8-15(14)17)12-5-3-2-4-6-12/h2-6,11,13-14,16H,7-10H2,1H3. The zero-order valence-electron chi connectivity index (χ0n) is 10.3. The van der Waals surface area contributed by atoms with Crippen LogP contribution in [0.1, 0.15) is 44.1 Å². The van der Waals surface area contributed by atoms with Gasteiger partial charge in [-0.15, -0.1) is 0 Å². The molecule has 0 saturated heterocycles. The second-order valence-corrected chi connectivity index (χ2v) is 5.13. The average Bonchev–Trinajstić information content (AvgIpc) is 2.32. The molecule has 0 heterocycles. The maximum absolute atomic E-state index is 11.8. The van der Waals surface area contributed by atoms with E-state index in [0.717, 1.165) is 12.8 Å². The molecule has 0 spiro atoms. The SMILES string of the molecule is CC(O)CC1CC(c2ccccc2)CCC1=O. The van der Waals surface area contributed by atoms with Crippen LogP contribution < -0.4 is 0 Å². The van der Waals surface area contributed by atoms with Crippen LogP contribution in [-0.4, -0.2) is 17.0 Å². The Labute approximate surface area is 103 Å². The first-order valence-corrected chi connectivity index (χ1v) is 6.42. The smallest absolute Gasteiger partial charge is 0.136 e. The van der Waals surface area contributed by atoms with Crippen LogP contribution in [-0.2, 0) is 4.79 Å². The van der Waals surface area contributed by atoms with E-state index in [-0.39, 0.29) is 12.0 Å². The van der Waals surface area contributed by atoms with Crippen LogP contribution in [0.25, 0.3) is 0 Å². The van der Waals surface area contributed by atoms with Crippen molar-refractivity contribution in [2.75, 3.05) is 0 Å². The largest absolute Gasteiger partial charge is 0.393 e. The Balaban J connectivity index is 2.05. The van der Waals surface area contributed by atoms with E-state index in [1.54, 1.807) is 6.92 Å². The van der Waals surface area contributed by atoms with Gasteiger partial charge in [-0.2, -0.15) is 0 Å². The molecule has 1 fully saturated rings. The van der Waals surface area contributed by atoms with Crippen molar-refractivity contribution in [2.24, 2.45) is 5.92 Å². The molecule has 0 aromatic heterocycles. The highest BCUT2D eigenvalue weighted by Crippen LogP contribution is 2.36. The highest BCUT2D eigenvalue weighted by Gasteiger charge is 2.29. The molecule has 0 radical (unpaired) electrons. The summed E-state index contributed by atoms with van der Waals surface area (Å²) >= 11 is 0. The lowest BCUT2D eigenvalue weighted by Gasteiger charge is -2.29. The zero-order valence-corrected chi connectivity index (χ0v) is 10.3. The summed E-state index contributed by atoms with van der Waals surface area (Å²) in [4.78, 5) is 11.8. The minimum absolute atomic E-state index is 0.0500. The van der Waals surface area contributed by atoms with Gasteiger partial charge in [-0.3, -0.25) is 4.79 Å². The molecule has 0 amide bonds. The van der Waals surface area contributed by atoms with Gasteiger partial charge in [0.25, 0.3) is 0 Å². The molecule has 0 aliphatic heterocycles. The summed E-state index contributed by atoms with van der Waals surface area (Å²) in [6, 6.07) is 10.4. The van der Waals surface area contributed by atoms with E-state index in [1.807, 2.05) is 6.07 Å². The van der Waals surface area contributed by atoms with E-state index in [4.69, 9.17) is 0 Å². The second kappa shape index (κ2) is 5.46. The average molecular weight is 232 g/mol. The van der Waals surface area contributed by atoms with Gasteiger partial charge in [0.2, 0.25) is 0 Å². The van der Waals surface area contributed by atoms with Gasteiger partial charge in [-0.1, -0.05) is 30.3 Å². The molecule has 1 aliphatic carbocycles. The maximum atomic E-state index is 11.8. The van der Waals surface area contributed by atoms with Gasteiger partial charge in [0.05, 0.1) is 6.10 Å². The molecular formula is C15H20O2. The Bertz CT molecular complexity index is 370. The number of aliphatic hydroxyl groups is 1. The summed E-state index contributed by atoms with van der Waals surface area (Å²) in [5, 5.41) is 9.43. The van der Waals surface area contributed by atoms with Gasteiger partial charge in [-0.25, -0.2) is 0 Å². The molecule has 2 rings (SSSR count). The molecule has 3 unspecified atom stereocenters. The molecule has 1 aromatic carbocycles. The van der Waals surface area contributed by atoms with E-state index < -0.39 is 0 Å². The third-order valence-electron chi connectivity index (χ3n) is 3.66. The molecule has 2 heteroatoms. The highest BCUT2D eigenvalue weighted by atomic mass is 16.3. The van der Waals surface area contributed by atoms with Crippen LogP contribution >= 0.6 is 0 Å². The second-order valence-electron chi connectivity index (χ2n) is 5.13. The van der Waals surface area contributed by atoms with Crippen LogP contribution in [0.15, 0.2) is 30.3 Å². The van der Waals surface area contributed by atoms with Crippen molar-refractivity contribution < 1.29 is 9.90 Å². The van der Waals surface area contributed by atoms with Gasteiger partial charge in [0.1, 0.15) is 5.78 Å². The summed E-state index contributed by atoms with van der Waals surface area (Å²) < 4.78 is 0. The van der Waals surface area contributed by atoms with Crippen LogP contribution in [0.5, 0.6) is 0 Å². The lowest BCUT2D eigenvalue weighted by molar-refractivity contribution is -0.126. The monoisotopic (exact) mass is 232 g/mol. The van der Waals surface area contributed by atoms with Gasteiger partial charge in [-0.05, 0) is 37.7 Å².